The van der Waals surface area contributed by atoms with Gasteiger partial charge in [0.1, 0.15) is 7.85 Å². The molecule has 1 aromatic rings. The minimum Gasteiger partial charge on any atom is -0.412 e. The molecule has 12 heavy (non-hydrogen) atoms. The van der Waals surface area contributed by atoms with E-state index in [9.17, 15) is 0 Å². The molecule has 66 valence electrons. The highest BCUT2D eigenvalue weighted by atomic mass is 79.9. The van der Waals surface area contributed by atoms with E-state index in [-0.39, 0.29) is 11.0 Å². The molecule has 4 N–H and O–H groups in total. The van der Waals surface area contributed by atoms with Crippen LogP contribution >= 0.6 is 15.9 Å². The van der Waals surface area contributed by atoms with E-state index in [0.717, 1.165) is 17.2 Å². The van der Waals surface area contributed by atoms with E-state index >= 15 is 0 Å². The predicted octanol–water partition coefficient (Wildman–Crippen LogP) is -0.232. The Balaban J connectivity index is 0. The molecule has 2 nitrogen and oxygen atoms in total. The van der Waals surface area contributed by atoms with Crippen LogP contribution in [0.2, 0.25) is 0 Å². The summed E-state index contributed by atoms with van der Waals surface area (Å²) in [6, 6.07) is 7.96. The molecule has 0 saturated carbocycles. The van der Waals surface area contributed by atoms with Crippen LogP contribution < -0.4 is 5.46 Å². The molecule has 0 saturated heterocycles. The Hall–Kier alpha value is -0.315. The Bertz CT molecular complexity index is 201. The first-order valence-corrected chi connectivity index (χ1v) is 4.35. The smallest absolute Gasteiger partial charge is 0.113 e. The molecule has 4 heteroatoms. The number of halogens is 1. The summed E-state index contributed by atoms with van der Waals surface area (Å²) in [5.41, 5.74) is 2.16. The van der Waals surface area contributed by atoms with E-state index in [2.05, 4.69) is 28.1 Å². The maximum absolute atomic E-state index is 5.51. The van der Waals surface area contributed by atoms with Crippen molar-refractivity contribution >= 4 is 29.2 Å². The van der Waals surface area contributed by atoms with E-state index in [4.69, 9.17) is 7.85 Å². The molecule has 1 aromatic carbocycles. The molecule has 0 aliphatic carbocycles. The number of aryl methyl sites for hydroxylation is 1. The van der Waals surface area contributed by atoms with Crippen LogP contribution in [0.1, 0.15) is 5.56 Å². The van der Waals surface area contributed by atoms with Gasteiger partial charge in [-0.15, -0.1) is 0 Å². The van der Waals surface area contributed by atoms with Crippen LogP contribution in [0.25, 0.3) is 0 Å². The van der Waals surface area contributed by atoms with Crippen molar-refractivity contribution in [1.82, 2.24) is 0 Å². The van der Waals surface area contributed by atoms with Crippen molar-refractivity contribution < 1.29 is 11.0 Å². The number of alkyl halides is 1. The third-order valence-electron chi connectivity index (χ3n) is 1.36. The summed E-state index contributed by atoms with van der Waals surface area (Å²) in [5, 5.41) is 1.01. The molecule has 2 radical (unpaired) electrons. The van der Waals surface area contributed by atoms with Crippen LogP contribution in [0, 0.1) is 0 Å². The first-order chi connectivity index (χ1) is 4.83. The number of hydrogen-bond acceptors (Lipinski definition) is 0. The maximum atomic E-state index is 5.51. The normalized spacial score (nSPS) is 8.08. The largest absolute Gasteiger partial charge is 0.412 e. The van der Waals surface area contributed by atoms with Crippen LogP contribution in [0.15, 0.2) is 24.3 Å². The second-order valence-corrected chi connectivity index (χ2v) is 2.97. The minimum absolute atomic E-state index is 0. The first-order valence-electron chi connectivity index (χ1n) is 3.23. The zero-order chi connectivity index (χ0) is 7.40. The highest BCUT2D eigenvalue weighted by Crippen LogP contribution is 1.99. The topological polar surface area (TPSA) is 63.0 Å². The van der Waals surface area contributed by atoms with Gasteiger partial charge in [-0.25, -0.2) is 0 Å². The summed E-state index contributed by atoms with van der Waals surface area (Å²) in [4.78, 5) is 0. The molecule has 0 spiro atoms. The molecular formula is C8H12BBrO2. The van der Waals surface area contributed by atoms with Gasteiger partial charge >= 0.3 is 0 Å². The third-order valence-corrected chi connectivity index (χ3v) is 1.76. The molecule has 0 aliphatic heterocycles. The van der Waals surface area contributed by atoms with Crippen molar-refractivity contribution in [1.29, 1.82) is 0 Å². The first kappa shape index (κ1) is 14.2. The molecule has 0 aliphatic rings. The van der Waals surface area contributed by atoms with Gasteiger partial charge in [0.25, 0.3) is 0 Å². The molecular weight excluding hydrogens is 219 g/mol. The molecule has 0 amide bonds. The molecule has 0 unspecified atom stereocenters. The van der Waals surface area contributed by atoms with Crippen LogP contribution in [0.4, 0.5) is 0 Å². The number of hydrogen-bond donors (Lipinski definition) is 0. The monoisotopic (exact) mass is 230 g/mol. The summed E-state index contributed by atoms with van der Waals surface area (Å²) in [6.45, 7) is 0. The van der Waals surface area contributed by atoms with Gasteiger partial charge in [-0.2, -0.15) is 0 Å². The zero-order valence-corrected chi connectivity index (χ0v) is 8.26. The van der Waals surface area contributed by atoms with Crippen molar-refractivity contribution in [2.45, 2.75) is 6.42 Å². The highest BCUT2D eigenvalue weighted by molar-refractivity contribution is 9.09. The van der Waals surface area contributed by atoms with Crippen molar-refractivity contribution in [3.63, 3.8) is 0 Å². The van der Waals surface area contributed by atoms with Gasteiger partial charge < -0.3 is 11.0 Å². The van der Waals surface area contributed by atoms with Crippen LogP contribution in [-0.2, 0) is 6.42 Å². The second kappa shape index (κ2) is 7.34. The van der Waals surface area contributed by atoms with Crippen molar-refractivity contribution in [3.05, 3.63) is 29.8 Å². The lowest BCUT2D eigenvalue weighted by Crippen LogP contribution is -2.00. The van der Waals surface area contributed by atoms with E-state index in [1.165, 1.54) is 5.56 Å². The summed E-state index contributed by atoms with van der Waals surface area (Å²) >= 11 is 3.37. The third kappa shape index (κ3) is 4.54. The molecule has 0 aromatic heterocycles. The van der Waals surface area contributed by atoms with Gasteiger partial charge in [-0.3, -0.25) is 0 Å². The fourth-order valence-corrected chi connectivity index (χ4v) is 1.25. The van der Waals surface area contributed by atoms with Crippen molar-refractivity contribution in [2.75, 3.05) is 5.33 Å². The van der Waals surface area contributed by atoms with Crippen LogP contribution in [0.5, 0.6) is 0 Å². The Morgan fingerprint density at radius 1 is 1.08 bits per heavy atom. The number of benzene rings is 1. The van der Waals surface area contributed by atoms with Gasteiger partial charge in [0.05, 0.1) is 0 Å². The summed E-state index contributed by atoms with van der Waals surface area (Å²) in [5.74, 6) is 0. The van der Waals surface area contributed by atoms with Gasteiger partial charge in [0.2, 0.25) is 0 Å². The van der Waals surface area contributed by atoms with E-state index in [1.54, 1.807) is 0 Å². The molecule has 0 fully saturated rings. The molecule has 1 rings (SSSR count). The Labute approximate surface area is 82.1 Å². The standard InChI is InChI=1S/C8H8BBr.2H2O/c9-8-3-1-7(2-4-8)5-6-10;;/h1-4H,5-6H2;2*1H2. The second-order valence-electron chi connectivity index (χ2n) is 2.18. The Morgan fingerprint density at radius 3 is 2.00 bits per heavy atom. The summed E-state index contributed by atoms with van der Waals surface area (Å²) < 4.78 is 0. The van der Waals surface area contributed by atoms with E-state index in [1.807, 2.05) is 12.1 Å². The van der Waals surface area contributed by atoms with Gasteiger partial charge in [-0.05, 0) is 12.0 Å². The van der Waals surface area contributed by atoms with Gasteiger partial charge in [0.15, 0.2) is 0 Å². The zero-order valence-electron chi connectivity index (χ0n) is 6.68. The predicted molar refractivity (Wildman–Crippen MR) is 56.6 cm³/mol. The SMILES string of the molecule is O.O.[B]c1ccc(CCBr)cc1. The fourth-order valence-electron chi connectivity index (χ4n) is 0.793. The quantitative estimate of drug-likeness (QED) is 0.498. The molecule has 0 heterocycles. The summed E-state index contributed by atoms with van der Waals surface area (Å²) in [7, 11) is 5.51. The maximum Gasteiger partial charge on any atom is 0.113 e. The Morgan fingerprint density at radius 2 is 1.58 bits per heavy atom. The van der Waals surface area contributed by atoms with E-state index in [0.29, 0.717) is 0 Å². The average molecular weight is 231 g/mol. The molecule has 0 bridgehead atoms. The van der Waals surface area contributed by atoms with Gasteiger partial charge in [0, 0.05) is 5.33 Å². The van der Waals surface area contributed by atoms with Gasteiger partial charge in [-0.1, -0.05) is 45.7 Å². The van der Waals surface area contributed by atoms with E-state index < -0.39 is 0 Å². The lowest BCUT2D eigenvalue weighted by atomic mass is 9.95. The average Bonchev–Trinajstić information content (AvgIpc) is 1.95. The summed E-state index contributed by atoms with van der Waals surface area (Å²) in [6.07, 6.45) is 1.07. The lowest BCUT2D eigenvalue weighted by molar-refractivity contribution is 0.823. The number of rotatable bonds is 2. The Kier molecular flexibility index (Phi) is 8.70. The lowest BCUT2D eigenvalue weighted by Gasteiger charge is -1.96. The molecule has 0 atom stereocenters. The fraction of sp³-hybridized carbons (Fsp3) is 0.250. The van der Waals surface area contributed by atoms with Crippen molar-refractivity contribution in [3.8, 4) is 0 Å². The van der Waals surface area contributed by atoms with Crippen LogP contribution in [-0.4, -0.2) is 24.1 Å². The van der Waals surface area contributed by atoms with Crippen molar-refractivity contribution in [2.24, 2.45) is 0 Å². The van der Waals surface area contributed by atoms with Crippen LogP contribution in [0.3, 0.4) is 0 Å². The highest BCUT2D eigenvalue weighted by Gasteiger charge is 1.88. The minimum atomic E-state index is 0.